The molecule has 0 aliphatic heterocycles. The van der Waals surface area contributed by atoms with Crippen LogP contribution in [0.3, 0.4) is 0 Å². The van der Waals surface area contributed by atoms with E-state index in [4.69, 9.17) is 1.37 Å². The molecule has 0 amide bonds. The molecule has 2 heterocycles. The van der Waals surface area contributed by atoms with E-state index in [1.165, 1.54) is 38.6 Å². The van der Waals surface area contributed by atoms with Crippen LogP contribution in [0.4, 0.5) is 0 Å². The fourth-order valence-electron chi connectivity index (χ4n) is 8.17. The maximum atomic E-state index is 12.3. The van der Waals surface area contributed by atoms with Crippen LogP contribution in [0, 0.1) is 55.4 Å². The molecule has 0 fully saturated rings. The van der Waals surface area contributed by atoms with Gasteiger partial charge in [-0.25, -0.2) is 4.98 Å². The molecule has 2 aromatic heterocycles. The molecule has 4 aromatic carbocycles. The van der Waals surface area contributed by atoms with Gasteiger partial charge >= 0.3 is 0 Å². The number of ketones is 1. The number of carbonyl (C=O) groups is 1. The van der Waals surface area contributed by atoms with Gasteiger partial charge in [-0.2, -0.15) is 0 Å². The number of nitrogens with zero attached hydrogens (tertiary/aromatic N) is 2. The first-order chi connectivity index (χ1) is 25.8. The zero-order valence-corrected chi connectivity index (χ0v) is 38.1. The van der Waals surface area contributed by atoms with E-state index in [0.717, 1.165) is 37.6 Å². The van der Waals surface area contributed by atoms with Crippen LogP contribution in [0.15, 0.2) is 84.9 Å². The molecular weight excluding hydrogens is 873 g/mol. The van der Waals surface area contributed by atoms with Crippen molar-refractivity contribution in [2.24, 2.45) is 35.5 Å². The number of thiophene rings is 1. The summed E-state index contributed by atoms with van der Waals surface area (Å²) in [7, 11) is 0. The van der Waals surface area contributed by atoms with Gasteiger partial charge in [0.1, 0.15) is 6.33 Å². The number of aryl methyl sites for hydroxylation is 2. The number of aliphatic hydroxyl groups is 1. The molecule has 6 heteroatoms. The quantitative estimate of drug-likeness (QED) is 0.0891. The van der Waals surface area contributed by atoms with Crippen LogP contribution in [0.5, 0.6) is 0 Å². The monoisotopic (exact) mass is 933 g/mol. The Morgan fingerprint density at radius 2 is 1.44 bits per heavy atom. The number of rotatable bonds is 9. The zero-order chi connectivity index (χ0) is 40.5. The molecule has 293 valence electrons. The Hall–Kier alpha value is -3.70. The molecule has 0 saturated heterocycles. The Balaban J connectivity index is 0.000000299. The number of fused-ring (bicyclic) bond motifs is 4. The first kappa shape index (κ1) is 42.4. The summed E-state index contributed by atoms with van der Waals surface area (Å²) in [4.78, 5) is 21.7. The van der Waals surface area contributed by atoms with Crippen molar-refractivity contribution in [3.05, 3.63) is 108 Å². The summed E-state index contributed by atoms with van der Waals surface area (Å²) in [5, 5.41) is 13.2. The van der Waals surface area contributed by atoms with Crippen molar-refractivity contribution in [1.29, 1.82) is 0 Å². The number of hydrogen-bond donors (Lipinski definition) is 1. The van der Waals surface area contributed by atoms with Gasteiger partial charge in [0, 0.05) is 59.9 Å². The number of carbonyl (C=O) groups excluding carboxylic acids is 1. The van der Waals surface area contributed by atoms with Crippen LogP contribution in [-0.4, -0.2) is 20.9 Å². The molecule has 0 aliphatic carbocycles. The van der Waals surface area contributed by atoms with Gasteiger partial charge < -0.3 is 5.11 Å². The van der Waals surface area contributed by atoms with E-state index >= 15 is 0 Å². The maximum absolute atomic E-state index is 12.3. The van der Waals surface area contributed by atoms with Gasteiger partial charge in [-0.15, -0.1) is 41.0 Å². The van der Waals surface area contributed by atoms with Crippen LogP contribution in [0.2, 0.25) is 0 Å². The Morgan fingerprint density at radius 1 is 0.836 bits per heavy atom. The summed E-state index contributed by atoms with van der Waals surface area (Å²) >= 11 is 1.72. The average Bonchev–Trinajstić information content (AvgIpc) is 3.45. The molecule has 0 saturated carbocycles. The molecule has 0 aliphatic rings. The molecule has 0 atom stereocenters. The van der Waals surface area contributed by atoms with Crippen molar-refractivity contribution in [1.82, 2.24) is 9.97 Å². The Kier molecular flexibility index (Phi) is 13.9. The fourth-order valence-corrected chi connectivity index (χ4v) is 9.37. The molecule has 0 unspecified atom stereocenters. The second-order valence-corrected chi connectivity index (χ2v) is 18.4. The number of aromatic nitrogens is 2. The fraction of sp³-hybridized carbons (Fsp3) is 0.408. The smallest absolute Gasteiger partial charge is 0.162 e. The molecule has 6 rings (SSSR count). The van der Waals surface area contributed by atoms with Crippen molar-refractivity contribution in [2.75, 3.05) is 0 Å². The van der Waals surface area contributed by atoms with Crippen molar-refractivity contribution in [3.8, 4) is 22.4 Å². The van der Waals surface area contributed by atoms with Crippen LogP contribution in [0.25, 0.3) is 53.5 Å². The number of benzene rings is 4. The number of allylic oxidation sites excluding steroid dienone is 2. The van der Waals surface area contributed by atoms with Gasteiger partial charge in [0.05, 0.1) is 11.3 Å². The normalized spacial score (nSPS) is 12.7. The van der Waals surface area contributed by atoms with Crippen molar-refractivity contribution in [3.63, 3.8) is 0 Å². The topological polar surface area (TPSA) is 63.1 Å². The SMILES string of the molecule is CC(C)C(C(=O)/C=C(\O)C(C(C)C)C(C)C)C(C)C.[2H]c1cc(-c2ncnc3c2sc2cc(-c4c(C)cc(C(C)(C)C)cc4C)ccc23)[c-]c2ccccc12.[Ir]. The van der Waals surface area contributed by atoms with E-state index < -0.39 is 0 Å². The molecule has 4 nitrogen and oxygen atoms in total. The second kappa shape index (κ2) is 18.0. The molecule has 6 aromatic rings. The van der Waals surface area contributed by atoms with Crippen LogP contribution in [-0.2, 0) is 30.3 Å². The van der Waals surface area contributed by atoms with E-state index in [2.05, 4.69) is 136 Å². The minimum absolute atomic E-state index is 0. The molecule has 55 heavy (non-hydrogen) atoms. The molecule has 1 radical (unpaired) electrons. The van der Waals surface area contributed by atoms with Crippen LogP contribution >= 0.6 is 11.3 Å². The van der Waals surface area contributed by atoms with Crippen molar-refractivity contribution in [2.45, 2.75) is 95.4 Å². The minimum Gasteiger partial charge on any atom is -0.512 e. The Bertz CT molecular complexity index is 2330. The van der Waals surface area contributed by atoms with E-state index in [1.807, 2.05) is 30.3 Å². The predicted molar refractivity (Wildman–Crippen MR) is 232 cm³/mol. The number of aliphatic hydroxyl groups excluding tert-OH is 1. The van der Waals surface area contributed by atoms with E-state index in [1.54, 1.807) is 17.7 Å². The average molecular weight is 933 g/mol. The molecule has 0 spiro atoms. The standard InChI is InChI=1S/C32H27N2S.C17H32O2.Ir/c1-19-14-25(32(3,4)5)15-20(2)28(19)23-12-13-26-27(17-23)35-31-29(33-18-34-30(26)31)24-11-10-21-8-6-7-9-22(21)16-24;1-10(2)16(11(3)4)14(18)9-15(19)17(12(5)6)13(7)8;/h6-15,17-18H,1-5H3;9-13,16-18H,1-8H3;/q-1;;/b;14-9-;/i10D;;. The third-order valence-corrected chi connectivity index (χ3v) is 11.7. The van der Waals surface area contributed by atoms with Gasteiger partial charge in [-0.3, -0.25) is 9.78 Å². The minimum atomic E-state index is -0.0119. The van der Waals surface area contributed by atoms with Gasteiger partial charge in [-0.05, 0) is 76.8 Å². The van der Waals surface area contributed by atoms with E-state index in [9.17, 15) is 9.90 Å². The summed E-state index contributed by atoms with van der Waals surface area (Å²) in [6.45, 7) is 27.8. The Labute approximate surface area is 348 Å². The van der Waals surface area contributed by atoms with E-state index in [-0.39, 0.29) is 48.9 Å². The largest absolute Gasteiger partial charge is 0.512 e. The van der Waals surface area contributed by atoms with Crippen LogP contribution < -0.4 is 0 Å². The first-order valence-electron chi connectivity index (χ1n) is 20.0. The zero-order valence-electron chi connectivity index (χ0n) is 35.9. The summed E-state index contributed by atoms with van der Waals surface area (Å²) in [6.07, 6.45) is 3.11. The summed E-state index contributed by atoms with van der Waals surface area (Å²) in [5.74, 6) is 1.63. The molecule has 1 N–H and O–H groups in total. The Morgan fingerprint density at radius 3 is 2.02 bits per heavy atom. The van der Waals surface area contributed by atoms with Gasteiger partial charge in [-0.1, -0.05) is 130 Å². The summed E-state index contributed by atoms with van der Waals surface area (Å²) in [5.41, 5.74) is 9.24. The van der Waals surface area contributed by atoms with Crippen molar-refractivity contribution < 1.29 is 31.4 Å². The predicted octanol–water partition coefficient (Wildman–Crippen LogP) is 13.9. The van der Waals surface area contributed by atoms with Crippen molar-refractivity contribution >= 4 is 48.2 Å². The van der Waals surface area contributed by atoms with Gasteiger partial charge in [0.2, 0.25) is 0 Å². The van der Waals surface area contributed by atoms with Crippen LogP contribution in [0.1, 0.15) is 94.2 Å². The molecule has 0 bridgehead atoms. The third-order valence-electron chi connectivity index (χ3n) is 10.6. The van der Waals surface area contributed by atoms with E-state index in [0.29, 0.717) is 29.7 Å². The first-order valence-corrected chi connectivity index (χ1v) is 20.3. The molecular formula is C49H59IrN2O2S-. The van der Waals surface area contributed by atoms with Gasteiger partial charge in [0.25, 0.3) is 0 Å². The number of hydrogen-bond acceptors (Lipinski definition) is 5. The summed E-state index contributed by atoms with van der Waals surface area (Å²) < 4.78 is 10.8. The second-order valence-electron chi connectivity index (χ2n) is 17.3. The third kappa shape index (κ3) is 9.82. The maximum Gasteiger partial charge on any atom is 0.162 e. The van der Waals surface area contributed by atoms with Gasteiger partial charge in [0.15, 0.2) is 5.78 Å². The summed E-state index contributed by atoms with van der Waals surface area (Å²) in [6, 6.07) is 25.1.